The van der Waals surface area contributed by atoms with E-state index in [1.54, 1.807) is 6.20 Å². The van der Waals surface area contributed by atoms with E-state index in [0.717, 1.165) is 22.5 Å². The number of pyridine rings is 2. The molecule has 4 heteroatoms. The van der Waals surface area contributed by atoms with Crippen molar-refractivity contribution in [3.05, 3.63) is 54.6 Å². The fraction of sp³-hybridized carbons (Fsp3) is 0.0769. The van der Waals surface area contributed by atoms with Crippen LogP contribution in [0.1, 0.15) is 5.56 Å². The monoisotopic (exact) mass is 224 g/mol. The van der Waals surface area contributed by atoms with Crippen molar-refractivity contribution >= 4 is 5.65 Å². The van der Waals surface area contributed by atoms with Crippen molar-refractivity contribution < 1.29 is 0 Å². The number of rotatable bonds is 2. The van der Waals surface area contributed by atoms with E-state index in [1.807, 2.05) is 47.3 Å². The first-order valence-electron chi connectivity index (χ1n) is 5.45. The van der Waals surface area contributed by atoms with Gasteiger partial charge in [0.25, 0.3) is 0 Å². The molecule has 0 aliphatic heterocycles. The molecule has 3 heterocycles. The number of aromatic nitrogens is 3. The predicted molar refractivity (Wildman–Crippen MR) is 66.3 cm³/mol. The van der Waals surface area contributed by atoms with Gasteiger partial charge in [-0.25, -0.2) is 4.98 Å². The summed E-state index contributed by atoms with van der Waals surface area (Å²) in [6, 6.07) is 7.91. The Labute approximate surface area is 98.8 Å². The van der Waals surface area contributed by atoms with E-state index in [2.05, 4.69) is 9.97 Å². The third kappa shape index (κ3) is 1.79. The summed E-state index contributed by atoms with van der Waals surface area (Å²) in [5, 5.41) is 0. The molecule has 0 aliphatic rings. The van der Waals surface area contributed by atoms with Gasteiger partial charge in [-0.1, -0.05) is 0 Å². The van der Waals surface area contributed by atoms with Crippen molar-refractivity contribution in [3.8, 4) is 11.3 Å². The fourth-order valence-corrected chi connectivity index (χ4v) is 1.80. The summed E-state index contributed by atoms with van der Waals surface area (Å²) in [6.07, 6.45) is 7.54. The van der Waals surface area contributed by atoms with E-state index in [9.17, 15) is 0 Å². The molecule has 3 aromatic heterocycles. The van der Waals surface area contributed by atoms with Crippen LogP contribution in [0.25, 0.3) is 16.9 Å². The van der Waals surface area contributed by atoms with E-state index >= 15 is 0 Å². The lowest BCUT2D eigenvalue weighted by atomic mass is 10.2. The maximum absolute atomic E-state index is 5.61. The second-order valence-electron chi connectivity index (χ2n) is 3.87. The molecular formula is C13H12N4. The van der Waals surface area contributed by atoms with Crippen LogP contribution in [-0.4, -0.2) is 14.4 Å². The highest BCUT2D eigenvalue weighted by Crippen LogP contribution is 2.18. The SMILES string of the molecule is NCc1ccn2cc(-c3cccnc3)nc2c1. The summed E-state index contributed by atoms with van der Waals surface area (Å²) >= 11 is 0. The van der Waals surface area contributed by atoms with Crippen LogP contribution in [0.15, 0.2) is 49.1 Å². The van der Waals surface area contributed by atoms with E-state index in [4.69, 9.17) is 5.73 Å². The molecule has 0 saturated carbocycles. The molecule has 0 spiro atoms. The molecule has 3 aromatic rings. The minimum Gasteiger partial charge on any atom is -0.326 e. The summed E-state index contributed by atoms with van der Waals surface area (Å²) in [4.78, 5) is 8.65. The van der Waals surface area contributed by atoms with Crippen LogP contribution in [0.3, 0.4) is 0 Å². The van der Waals surface area contributed by atoms with Crippen LogP contribution in [0.4, 0.5) is 0 Å². The van der Waals surface area contributed by atoms with Crippen LogP contribution in [0, 0.1) is 0 Å². The lowest BCUT2D eigenvalue weighted by Gasteiger charge is -1.96. The molecule has 0 unspecified atom stereocenters. The summed E-state index contributed by atoms with van der Waals surface area (Å²) in [6.45, 7) is 0.533. The van der Waals surface area contributed by atoms with E-state index in [0.29, 0.717) is 6.54 Å². The van der Waals surface area contributed by atoms with Gasteiger partial charge in [0.1, 0.15) is 5.65 Å². The molecule has 0 aromatic carbocycles. The number of fused-ring (bicyclic) bond motifs is 1. The molecule has 0 amide bonds. The Balaban J connectivity index is 2.14. The minimum atomic E-state index is 0.533. The molecule has 0 aliphatic carbocycles. The van der Waals surface area contributed by atoms with Crippen LogP contribution < -0.4 is 5.73 Å². The maximum atomic E-state index is 5.61. The number of nitrogens with zero attached hydrogens (tertiary/aromatic N) is 3. The minimum absolute atomic E-state index is 0.533. The first kappa shape index (κ1) is 9.99. The second-order valence-corrected chi connectivity index (χ2v) is 3.87. The molecule has 0 radical (unpaired) electrons. The van der Waals surface area contributed by atoms with Gasteiger partial charge in [-0.3, -0.25) is 4.98 Å². The van der Waals surface area contributed by atoms with Crippen molar-refractivity contribution in [2.75, 3.05) is 0 Å². The second kappa shape index (κ2) is 3.99. The Hall–Kier alpha value is -2.20. The maximum Gasteiger partial charge on any atom is 0.137 e. The number of hydrogen-bond acceptors (Lipinski definition) is 3. The van der Waals surface area contributed by atoms with Crippen molar-refractivity contribution in [2.45, 2.75) is 6.54 Å². The highest BCUT2D eigenvalue weighted by Gasteiger charge is 2.04. The van der Waals surface area contributed by atoms with Crippen molar-refractivity contribution in [3.63, 3.8) is 0 Å². The first-order chi connectivity index (χ1) is 8.36. The highest BCUT2D eigenvalue weighted by atomic mass is 15.0. The number of hydrogen-bond donors (Lipinski definition) is 1. The predicted octanol–water partition coefficient (Wildman–Crippen LogP) is 1.85. The van der Waals surface area contributed by atoms with Crippen LogP contribution in [0.5, 0.6) is 0 Å². The Morgan fingerprint density at radius 1 is 1.29 bits per heavy atom. The van der Waals surface area contributed by atoms with Gasteiger partial charge in [-0.05, 0) is 29.8 Å². The number of imidazole rings is 1. The molecule has 0 fully saturated rings. The molecule has 2 N–H and O–H groups in total. The molecule has 0 bridgehead atoms. The third-order valence-corrected chi connectivity index (χ3v) is 2.72. The third-order valence-electron chi connectivity index (χ3n) is 2.72. The van der Waals surface area contributed by atoms with Crippen molar-refractivity contribution in [1.29, 1.82) is 0 Å². The summed E-state index contributed by atoms with van der Waals surface area (Å²) in [5.41, 5.74) is 9.55. The van der Waals surface area contributed by atoms with E-state index in [1.165, 1.54) is 0 Å². The van der Waals surface area contributed by atoms with Gasteiger partial charge < -0.3 is 10.1 Å². The molecule has 84 valence electrons. The zero-order valence-corrected chi connectivity index (χ0v) is 9.24. The Bertz CT molecular complexity index is 643. The zero-order chi connectivity index (χ0) is 11.7. The van der Waals surface area contributed by atoms with Gasteiger partial charge in [-0.2, -0.15) is 0 Å². The van der Waals surface area contributed by atoms with Gasteiger partial charge in [0.15, 0.2) is 0 Å². The Kier molecular flexibility index (Phi) is 2.34. The average molecular weight is 224 g/mol. The summed E-state index contributed by atoms with van der Waals surface area (Å²) < 4.78 is 1.99. The topological polar surface area (TPSA) is 56.2 Å². The standard InChI is InChI=1S/C13H12N4/c14-7-10-3-5-17-9-12(16-13(17)6-10)11-2-1-4-15-8-11/h1-6,8-9H,7,14H2. The van der Waals surface area contributed by atoms with E-state index in [-0.39, 0.29) is 0 Å². The average Bonchev–Trinajstić information content (AvgIpc) is 2.82. The van der Waals surface area contributed by atoms with Crippen molar-refractivity contribution in [1.82, 2.24) is 14.4 Å². The fourth-order valence-electron chi connectivity index (χ4n) is 1.80. The number of nitrogens with two attached hydrogens (primary N) is 1. The van der Waals surface area contributed by atoms with Crippen LogP contribution in [0.2, 0.25) is 0 Å². The molecule has 3 rings (SSSR count). The Morgan fingerprint density at radius 3 is 3.00 bits per heavy atom. The van der Waals surface area contributed by atoms with Gasteiger partial charge in [-0.15, -0.1) is 0 Å². The van der Waals surface area contributed by atoms with Gasteiger partial charge in [0.2, 0.25) is 0 Å². The Morgan fingerprint density at radius 2 is 2.24 bits per heavy atom. The smallest absolute Gasteiger partial charge is 0.137 e. The first-order valence-corrected chi connectivity index (χ1v) is 5.45. The normalized spacial score (nSPS) is 10.9. The molecule has 17 heavy (non-hydrogen) atoms. The molecular weight excluding hydrogens is 212 g/mol. The zero-order valence-electron chi connectivity index (χ0n) is 9.24. The van der Waals surface area contributed by atoms with Gasteiger partial charge in [0, 0.05) is 36.9 Å². The quantitative estimate of drug-likeness (QED) is 0.722. The van der Waals surface area contributed by atoms with Crippen LogP contribution >= 0.6 is 0 Å². The van der Waals surface area contributed by atoms with E-state index < -0.39 is 0 Å². The van der Waals surface area contributed by atoms with Crippen molar-refractivity contribution in [2.24, 2.45) is 5.73 Å². The lowest BCUT2D eigenvalue weighted by molar-refractivity contribution is 1.05. The largest absolute Gasteiger partial charge is 0.326 e. The lowest BCUT2D eigenvalue weighted by Crippen LogP contribution is -1.96. The highest BCUT2D eigenvalue weighted by molar-refractivity contribution is 5.61. The van der Waals surface area contributed by atoms with Gasteiger partial charge in [0.05, 0.1) is 5.69 Å². The summed E-state index contributed by atoms with van der Waals surface area (Å²) in [7, 11) is 0. The summed E-state index contributed by atoms with van der Waals surface area (Å²) in [5.74, 6) is 0. The molecule has 4 nitrogen and oxygen atoms in total. The van der Waals surface area contributed by atoms with Gasteiger partial charge >= 0.3 is 0 Å². The molecule has 0 atom stereocenters. The van der Waals surface area contributed by atoms with Crippen LogP contribution in [-0.2, 0) is 6.54 Å². The molecule has 0 saturated heterocycles.